The van der Waals surface area contributed by atoms with Crippen molar-refractivity contribution in [3.8, 4) is 5.75 Å². The van der Waals surface area contributed by atoms with Crippen LogP contribution in [-0.2, 0) is 25.6 Å². The van der Waals surface area contributed by atoms with Crippen molar-refractivity contribution in [1.82, 2.24) is 9.55 Å². The van der Waals surface area contributed by atoms with Crippen LogP contribution in [0.1, 0.15) is 28.0 Å². The first-order valence-corrected chi connectivity index (χ1v) is 11.1. The van der Waals surface area contributed by atoms with Crippen LogP contribution < -0.4 is 11.2 Å². The number of phenolic OH excluding ortho intramolecular Hbond substituents is 1. The molecule has 1 aliphatic rings. The van der Waals surface area contributed by atoms with E-state index < -0.39 is 5.63 Å². The Kier molecular flexibility index (Phi) is 4.29. The van der Waals surface area contributed by atoms with Crippen molar-refractivity contribution < 1.29 is 9.52 Å². The molecular weight excluding hydrogens is 408 g/mol. The summed E-state index contributed by atoms with van der Waals surface area (Å²) in [4.78, 5) is 31.8. The number of phenols is 1. The lowest BCUT2D eigenvalue weighted by Crippen LogP contribution is -2.20. The van der Waals surface area contributed by atoms with E-state index in [0.29, 0.717) is 22.1 Å². The van der Waals surface area contributed by atoms with Gasteiger partial charge in [-0.2, -0.15) is 0 Å². The van der Waals surface area contributed by atoms with Crippen LogP contribution in [0.15, 0.2) is 37.4 Å². The number of fused-ring (bicyclic) bond motifs is 4. The highest BCUT2D eigenvalue weighted by molar-refractivity contribution is 7.98. The Morgan fingerprint density at radius 2 is 2.14 bits per heavy atom. The van der Waals surface area contributed by atoms with Gasteiger partial charge in [-0.15, -0.1) is 11.3 Å². The molecule has 4 aromatic rings. The van der Waals surface area contributed by atoms with Crippen LogP contribution in [0.4, 0.5) is 0 Å². The van der Waals surface area contributed by atoms with Gasteiger partial charge in [0.15, 0.2) is 5.16 Å². The molecule has 1 N–H and O–H groups in total. The minimum Gasteiger partial charge on any atom is -0.508 e. The molecule has 0 aliphatic heterocycles. The maximum absolute atomic E-state index is 13.0. The number of hydrogen-bond acceptors (Lipinski definition) is 7. The quantitative estimate of drug-likeness (QED) is 0.304. The zero-order chi connectivity index (χ0) is 20.3. The highest BCUT2D eigenvalue weighted by atomic mass is 32.2. The molecule has 29 heavy (non-hydrogen) atoms. The van der Waals surface area contributed by atoms with Crippen molar-refractivity contribution in [2.24, 2.45) is 7.05 Å². The SMILES string of the molecule is Cc1c(O)ccc2c(CSc3nc4sc5c(c4c(=O)n3C)CCC5)cc(=O)oc12. The van der Waals surface area contributed by atoms with E-state index in [1.54, 1.807) is 42.0 Å². The van der Waals surface area contributed by atoms with E-state index in [1.807, 2.05) is 0 Å². The zero-order valence-corrected chi connectivity index (χ0v) is 17.6. The second-order valence-electron chi connectivity index (χ2n) is 7.26. The fourth-order valence-electron chi connectivity index (χ4n) is 3.91. The van der Waals surface area contributed by atoms with E-state index in [9.17, 15) is 14.7 Å². The average Bonchev–Trinajstić information content (AvgIpc) is 3.27. The third-order valence-corrected chi connectivity index (χ3v) is 7.74. The van der Waals surface area contributed by atoms with E-state index in [1.165, 1.54) is 28.3 Å². The summed E-state index contributed by atoms with van der Waals surface area (Å²) < 4.78 is 6.91. The van der Waals surface area contributed by atoms with Gasteiger partial charge >= 0.3 is 5.63 Å². The van der Waals surface area contributed by atoms with Gasteiger partial charge in [0.2, 0.25) is 0 Å². The molecule has 148 valence electrons. The number of rotatable bonds is 3. The molecular formula is C21H18N2O4S2. The molecule has 6 nitrogen and oxygen atoms in total. The predicted octanol–water partition coefficient (Wildman–Crippen LogP) is 3.90. The van der Waals surface area contributed by atoms with Crippen molar-refractivity contribution >= 4 is 44.3 Å². The summed E-state index contributed by atoms with van der Waals surface area (Å²) in [5.41, 5.74) is 2.42. The topological polar surface area (TPSA) is 85.3 Å². The molecule has 1 aromatic carbocycles. The summed E-state index contributed by atoms with van der Waals surface area (Å²) in [6.07, 6.45) is 3.09. The van der Waals surface area contributed by atoms with Gasteiger partial charge in [0.1, 0.15) is 16.2 Å². The second-order valence-corrected chi connectivity index (χ2v) is 9.29. The Morgan fingerprint density at radius 1 is 1.31 bits per heavy atom. The molecule has 0 fully saturated rings. The Balaban J connectivity index is 1.56. The Bertz CT molecular complexity index is 1410. The van der Waals surface area contributed by atoms with Crippen LogP contribution in [0.3, 0.4) is 0 Å². The molecule has 0 radical (unpaired) electrons. The molecule has 0 saturated heterocycles. The number of aromatic hydroxyl groups is 1. The Labute approximate surface area is 173 Å². The fourth-order valence-corrected chi connectivity index (χ4v) is 6.18. The summed E-state index contributed by atoms with van der Waals surface area (Å²) in [6, 6.07) is 4.80. The van der Waals surface area contributed by atoms with Crippen LogP contribution in [-0.4, -0.2) is 14.7 Å². The lowest BCUT2D eigenvalue weighted by Gasteiger charge is -2.10. The maximum Gasteiger partial charge on any atom is 0.336 e. The molecule has 0 saturated carbocycles. The maximum atomic E-state index is 13.0. The largest absolute Gasteiger partial charge is 0.508 e. The van der Waals surface area contributed by atoms with E-state index in [0.717, 1.165) is 40.4 Å². The number of benzene rings is 1. The fraction of sp³-hybridized carbons (Fsp3) is 0.286. The van der Waals surface area contributed by atoms with Crippen molar-refractivity contribution in [1.29, 1.82) is 0 Å². The highest BCUT2D eigenvalue weighted by Gasteiger charge is 2.22. The average molecular weight is 427 g/mol. The van der Waals surface area contributed by atoms with Gasteiger partial charge in [-0.25, -0.2) is 9.78 Å². The van der Waals surface area contributed by atoms with Gasteiger partial charge in [-0.05, 0) is 49.4 Å². The summed E-state index contributed by atoms with van der Waals surface area (Å²) in [5, 5.41) is 12.1. The molecule has 5 rings (SSSR count). The van der Waals surface area contributed by atoms with Gasteiger partial charge in [-0.3, -0.25) is 9.36 Å². The number of nitrogens with zero attached hydrogens (tertiary/aromatic N) is 2. The first-order chi connectivity index (χ1) is 13.9. The molecule has 8 heteroatoms. The number of thiophene rings is 1. The third-order valence-electron chi connectivity index (χ3n) is 5.48. The van der Waals surface area contributed by atoms with E-state index in [2.05, 4.69) is 0 Å². The molecule has 0 spiro atoms. The lowest BCUT2D eigenvalue weighted by atomic mass is 10.1. The molecule has 3 aromatic heterocycles. The number of thioether (sulfide) groups is 1. The van der Waals surface area contributed by atoms with Crippen molar-refractivity contribution in [2.75, 3.05) is 0 Å². The highest BCUT2D eigenvalue weighted by Crippen LogP contribution is 2.36. The molecule has 0 bridgehead atoms. The Morgan fingerprint density at radius 3 is 2.97 bits per heavy atom. The van der Waals surface area contributed by atoms with Crippen LogP contribution in [0.5, 0.6) is 5.75 Å². The van der Waals surface area contributed by atoms with Crippen molar-refractivity contribution in [2.45, 2.75) is 37.1 Å². The molecule has 3 heterocycles. The Hall–Kier alpha value is -2.58. The number of aryl methyl sites for hydroxylation is 3. The summed E-state index contributed by atoms with van der Waals surface area (Å²) in [6.45, 7) is 1.71. The van der Waals surface area contributed by atoms with Crippen LogP contribution >= 0.6 is 23.1 Å². The zero-order valence-electron chi connectivity index (χ0n) is 15.9. The molecule has 1 aliphatic carbocycles. The smallest absolute Gasteiger partial charge is 0.336 e. The van der Waals surface area contributed by atoms with Gasteiger partial charge < -0.3 is 9.52 Å². The standard InChI is InChI=1S/C21H18N2O4S2/c1-10-14(24)7-6-12-11(8-16(25)27-18(10)12)9-28-21-22-19-17(20(26)23(21)2)13-4-3-5-15(13)29-19/h6-8,24H,3-5,9H2,1-2H3. The van der Waals surface area contributed by atoms with E-state index >= 15 is 0 Å². The molecule has 0 atom stereocenters. The van der Waals surface area contributed by atoms with Crippen LogP contribution in [0, 0.1) is 6.92 Å². The monoisotopic (exact) mass is 426 g/mol. The van der Waals surface area contributed by atoms with Gasteiger partial charge in [0, 0.05) is 34.7 Å². The molecule has 0 amide bonds. The summed E-state index contributed by atoms with van der Waals surface area (Å²) in [7, 11) is 1.75. The van der Waals surface area contributed by atoms with Gasteiger partial charge in [0.25, 0.3) is 5.56 Å². The van der Waals surface area contributed by atoms with Gasteiger partial charge in [-0.1, -0.05) is 11.8 Å². The van der Waals surface area contributed by atoms with E-state index in [-0.39, 0.29) is 11.3 Å². The number of aromatic nitrogens is 2. The molecule has 0 unspecified atom stereocenters. The summed E-state index contributed by atoms with van der Waals surface area (Å²) in [5.74, 6) is 0.550. The summed E-state index contributed by atoms with van der Waals surface area (Å²) >= 11 is 3.04. The second kappa shape index (κ2) is 6.74. The lowest BCUT2D eigenvalue weighted by molar-refractivity contribution is 0.468. The third kappa shape index (κ3) is 2.89. The van der Waals surface area contributed by atoms with Gasteiger partial charge in [0.05, 0.1) is 5.39 Å². The number of hydrogen-bond donors (Lipinski definition) is 1. The predicted molar refractivity (Wildman–Crippen MR) is 115 cm³/mol. The van der Waals surface area contributed by atoms with E-state index in [4.69, 9.17) is 9.40 Å². The first kappa shape index (κ1) is 18.4. The normalized spacial score (nSPS) is 13.4. The van der Waals surface area contributed by atoms with Crippen molar-refractivity contribution in [3.05, 3.63) is 60.5 Å². The van der Waals surface area contributed by atoms with Crippen LogP contribution in [0.2, 0.25) is 0 Å². The van der Waals surface area contributed by atoms with Crippen molar-refractivity contribution in [3.63, 3.8) is 0 Å². The first-order valence-electron chi connectivity index (χ1n) is 9.33. The minimum atomic E-state index is -0.464. The van der Waals surface area contributed by atoms with Crippen LogP contribution in [0.25, 0.3) is 21.2 Å². The minimum absolute atomic E-state index is 0.00454.